The molecule has 2 nitrogen and oxygen atoms in total. The first kappa shape index (κ1) is 15.6. The maximum atomic E-state index is 12.4. The molecule has 1 aromatic rings. The van der Waals surface area contributed by atoms with Crippen molar-refractivity contribution in [3.63, 3.8) is 0 Å². The van der Waals surface area contributed by atoms with Gasteiger partial charge in [0.25, 0.3) is 0 Å². The molecule has 1 atom stereocenters. The van der Waals surface area contributed by atoms with Gasteiger partial charge >= 0.3 is 0 Å². The van der Waals surface area contributed by atoms with Gasteiger partial charge in [-0.1, -0.05) is 62.2 Å². The van der Waals surface area contributed by atoms with Crippen LogP contribution in [0.3, 0.4) is 0 Å². The maximum Gasteiger partial charge on any atom is 0.227 e. The van der Waals surface area contributed by atoms with Gasteiger partial charge in [0.15, 0.2) is 0 Å². The van der Waals surface area contributed by atoms with E-state index in [0.717, 1.165) is 18.5 Å². The lowest BCUT2D eigenvalue weighted by Gasteiger charge is -2.33. The van der Waals surface area contributed by atoms with Crippen molar-refractivity contribution in [1.29, 1.82) is 0 Å². The van der Waals surface area contributed by atoms with Crippen LogP contribution >= 0.6 is 0 Å². The number of benzene rings is 1. The minimum atomic E-state index is 0.0843. The molecule has 1 aromatic carbocycles. The summed E-state index contributed by atoms with van der Waals surface area (Å²) in [5.74, 6) is 0.226. The smallest absolute Gasteiger partial charge is 0.227 e. The zero-order valence-corrected chi connectivity index (χ0v) is 13.1. The first-order chi connectivity index (χ1) is 10.2. The Kier molecular flexibility index (Phi) is 5.79. The fourth-order valence-corrected chi connectivity index (χ4v) is 2.70. The Labute approximate surface area is 128 Å². The first-order valence-corrected chi connectivity index (χ1v) is 7.97. The van der Waals surface area contributed by atoms with Crippen LogP contribution in [0, 0.1) is 0 Å². The zero-order valence-electron chi connectivity index (χ0n) is 13.1. The van der Waals surface area contributed by atoms with Crippen LogP contribution in [0.2, 0.25) is 0 Å². The summed E-state index contributed by atoms with van der Waals surface area (Å²) in [4.78, 5) is 14.3. The third kappa shape index (κ3) is 4.07. The largest absolute Gasteiger partial charge is 0.306 e. The molecule has 0 radical (unpaired) electrons. The van der Waals surface area contributed by atoms with E-state index < -0.39 is 0 Å². The number of carbonyl (C=O) groups excluding carboxylic acids is 1. The van der Waals surface area contributed by atoms with Crippen molar-refractivity contribution in [2.24, 2.45) is 0 Å². The minimum absolute atomic E-state index is 0.0843. The van der Waals surface area contributed by atoms with E-state index in [9.17, 15) is 4.79 Å². The highest BCUT2D eigenvalue weighted by Crippen LogP contribution is 2.29. The zero-order chi connectivity index (χ0) is 15.1. The van der Waals surface area contributed by atoms with Crippen LogP contribution in [0.1, 0.15) is 57.6 Å². The van der Waals surface area contributed by atoms with Gasteiger partial charge in [0.2, 0.25) is 5.91 Å². The predicted octanol–water partition coefficient (Wildman–Crippen LogP) is 5.00. The Morgan fingerprint density at radius 3 is 2.76 bits per heavy atom. The molecule has 2 heteroatoms. The molecule has 0 saturated heterocycles. The fraction of sp³-hybridized carbons (Fsp3) is 0.421. The molecule has 2 rings (SSSR count). The quantitative estimate of drug-likeness (QED) is 0.673. The Morgan fingerprint density at radius 2 is 2.05 bits per heavy atom. The highest BCUT2D eigenvalue weighted by Gasteiger charge is 2.25. The van der Waals surface area contributed by atoms with Crippen molar-refractivity contribution < 1.29 is 4.79 Å². The second-order valence-electron chi connectivity index (χ2n) is 5.56. The van der Waals surface area contributed by atoms with Gasteiger partial charge in [0.1, 0.15) is 0 Å². The van der Waals surface area contributed by atoms with Gasteiger partial charge in [-0.15, -0.1) is 0 Å². The number of nitrogens with zero attached hydrogens (tertiary/aromatic N) is 1. The number of rotatable bonds is 6. The third-order valence-electron chi connectivity index (χ3n) is 3.94. The normalized spacial score (nSPS) is 17.1. The van der Waals surface area contributed by atoms with Crippen LogP contribution < -0.4 is 0 Å². The van der Waals surface area contributed by atoms with Crippen LogP contribution in [0.25, 0.3) is 0 Å². The van der Waals surface area contributed by atoms with Gasteiger partial charge in [0, 0.05) is 12.1 Å². The van der Waals surface area contributed by atoms with E-state index in [4.69, 9.17) is 0 Å². The van der Waals surface area contributed by atoms with Crippen LogP contribution in [-0.4, -0.2) is 10.8 Å². The average molecular weight is 283 g/mol. The number of hydrogen-bond donors (Lipinski definition) is 0. The van der Waals surface area contributed by atoms with Crippen molar-refractivity contribution in [2.45, 2.75) is 52.0 Å². The van der Waals surface area contributed by atoms with E-state index in [-0.39, 0.29) is 11.9 Å². The lowest BCUT2D eigenvalue weighted by atomic mass is 10.0. The Balaban J connectivity index is 2.16. The molecule has 0 saturated carbocycles. The highest BCUT2D eigenvalue weighted by molar-refractivity contribution is 5.80. The molecule has 0 aliphatic carbocycles. The van der Waals surface area contributed by atoms with E-state index in [0.29, 0.717) is 6.42 Å². The highest BCUT2D eigenvalue weighted by atomic mass is 16.2. The molecule has 0 aromatic heterocycles. The number of carbonyl (C=O) groups is 1. The summed E-state index contributed by atoms with van der Waals surface area (Å²) in [7, 11) is 0. The Hall–Kier alpha value is -1.83. The summed E-state index contributed by atoms with van der Waals surface area (Å²) in [6, 6.07) is 10.3. The second kappa shape index (κ2) is 7.82. The number of amides is 1. The lowest BCUT2D eigenvalue weighted by Crippen LogP contribution is -2.34. The van der Waals surface area contributed by atoms with Crippen molar-refractivity contribution >= 4 is 5.91 Å². The van der Waals surface area contributed by atoms with Gasteiger partial charge in [-0.2, -0.15) is 0 Å². The van der Waals surface area contributed by atoms with E-state index in [2.05, 4.69) is 44.2 Å². The van der Waals surface area contributed by atoms with Crippen molar-refractivity contribution in [3.8, 4) is 0 Å². The van der Waals surface area contributed by atoms with Crippen LogP contribution in [0.4, 0.5) is 0 Å². The molecular weight excluding hydrogens is 258 g/mol. The van der Waals surface area contributed by atoms with Gasteiger partial charge in [-0.25, -0.2) is 0 Å². The summed E-state index contributed by atoms with van der Waals surface area (Å²) in [5.41, 5.74) is 2.24. The molecule has 1 aliphatic rings. The van der Waals surface area contributed by atoms with E-state index in [1.165, 1.54) is 18.4 Å². The molecule has 1 aliphatic heterocycles. The minimum Gasteiger partial charge on any atom is -0.306 e. The predicted molar refractivity (Wildman–Crippen MR) is 87.7 cm³/mol. The molecule has 1 heterocycles. The van der Waals surface area contributed by atoms with Gasteiger partial charge in [-0.05, 0) is 31.4 Å². The first-order valence-electron chi connectivity index (χ1n) is 7.97. The second-order valence-corrected chi connectivity index (χ2v) is 5.56. The number of allylic oxidation sites excluding steroid dienone is 3. The SMILES string of the molecule is CCCC/C=C/C1=CCCC(=O)N1[C@H](C)c1ccccc1. The van der Waals surface area contributed by atoms with Gasteiger partial charge < -0.3 is 4.90 Å². The molecule has 0 N–H and O–H groups in total. The Bertz CT molecular complexity index is 516. The molecule has 0 bridgehead atoms. The summed E-state index contributed by atoms with van der Waals surface area (Å²) >= 11 is 0. The van der Waals surface area contributed by atoms with Crippen LogP contribution in [0.5, 0.6) is 0 Å². The summed E-state index contributed by atoms with van der Waals surface area (Å²) < 4.78 is 0. The fourth-order valence-electron chi connectivity index (χ4n) is 2.70. The van der Waals surface area contributed by atoms with Crippen molar-refractivity contribution in [1.82, 2.24) is 4.90 Å². The number of unbranched alkanes of at least 4 members (excludes halogenated alkanes) is 2. The molecule has 0 fully saturated rings. The standard InChI is InChI=1S/C19H25NO/c1-3-4-5-9-13-18-14-10-15-19(21)20(18)16(2)17-11-7-6-8-12-17/h6-9,11-14,16H,3-5,10,15H2,1-2H3/b13-9+/t16-/m1/s1. The monoisotopic (exact) mass is 283 g/mol. The lowest BCUT2D eigenvalue weighted by molar-refractivity contribution is -0.131. The van der Waals surface area contributed by atoms with Crippen molar-refractivity contribution in [2.75, 3.05) is 0 Å². The van der Waals surface area contributed by atoms with E-state index >= 15 is 0 Å². The van der Waals surface area contributed by atoms with Gasteiger partial charge in [-0.3, -0.25) is 4.79 Å². The summed E-state index contributed by atoms with van der Waals surface area (Å²) in [5, 5.41) is 0. The molecule has 1 amide bonds. The summed E-state index contributed by atoms with van der Waals surface area (Å²) in [6.45, 7) is 4.30. The molecule has 0 spiro atoms. The van der Waals surface area contributed by atoms with Crippen LogP contribution in [0.15, 0.2) is 54.3 Å². The average Bonchev–Trinajstić information content (AvgIpc) is 2.52. The molecular formula is C19H25NO. The molecule has 21 heavy (non-hydrogen) atoms. The van der Waals surface area contributed by atoms with Crippen LogP contribution in [-0.2, 0) is 4.79 Å². The van der Waals surface area contributed by atoms with E-state index in [1.54, 1.807) is 0 Å². The summed E-state index contributed by atoms with van der Waals surface area (Å²) in [6.07, 6.45) is 11.4. The third-order valence-corrected chi connectivity index (χ3v) is 3.94. The Morgan fingerprint density at radius 1 is 1.29 bits per heavy atom. The van der Waals surface area contributed by atoms with E-state index in [1.807, 2.05) is 23.1 Å². The maximum absolute atomic E-state index is 12.4. The van der Waals surface area contributed by atoms with Gasteiger partial charge in [0.05, 0.1) is 6.04 Å². The van der Waals surface area contributed by atoms with Crippen molar-refractivity contribution in [3.05, 3.63) is 59.8 Å². The molecule has 0 unspecified atom stereocenters. The topological polar surface area (TPSA) is 20.3 Å². The molecule has 112 valence electrons. The number of hydrogen-bond acceptors (Lipinski definition) is 1.